The number of imidazole rings is 1. The summed E-state index contributed by atoms with van der Waals surface area (Å²) in [7, 11) is 1.98. The summed E-state index contributed by atoms with van der Waals surface area (Å²) >= 11 is 0. The van der Waals surface area contributed by atoms with Gasteiger partial charge in [0.05, 0.1) is 22.9 Å². The van der Waals surface area contributed by atoms with Gasteiger partial charge in [0.25, 0.3) is 5.91 Å². The van der Waals surface area contributed by atoms with Gasteiger partial charge in [-0.25, -0.2) is 14.5 Å². The number of aromatic nitrogens is 4. The molecular formula is C31H32F4N8O. The molecule has 3 aromatic heterocycles. The second-order valence-electron chi connectivity index (χ2n) is 11.1. The fraction of sp³-hybridized carbons (Fsp3) is 0.355. The smallest absolute Gasteiger partial charge is 0.368 e. The van der Waals surface area contributed by atoms with Gasteiger partial charge in [-0.15, -0.1) is 5.10 Å². The Morgan fingerprint density at radius 2 is 1.80 bits per heavy atom. The molecule has 4 heterocycles. The molecule has 4 aromatic rings. The number of anilines is 2. The number of nitrogens with one attached hydrogen (secondary N) is 2. The lowest BCUT2D eigenvalue weighted by Gasteiger charge is -2.33. The Hall–Kier alpha value is -4.54. The van der Waals surface area contributed by atoms with Crippen LogP contribution in [-0.2, 0) is 12.7 Å². The molecule has 0 radical (unpaired) electrons. The molecule has 0 saturated carbocycles. The van der Waals surface area contributed by atoms with Crippen LogP contribution in [0.2, 0.25) is 0 Å². The van der Waals surface area contributed by atoms with Gasteiger partial charge in [0.1, 0.15) is 11.5 Å². The average Bonchev–Trinajstić information content (AvgIpc) is 3.39. The third kappa shape index (κ3) is 7.50. The van der Waals surface area contributed by atoms with Crippen LogP contribution in [0.25, 0.3) is 5.65 Å². The molecule has 44 heavy (non-hydrogen) atoms. The van der Waals surface area contributed by atoms with Crippen molar-refractivity contribution >= 4 is 23.1 Å². The number of nitrogens with zero attached hydrogens (tertiary/aromatic N) is 6. The molecule has 2 N–H and O–H groups in total. The summed E-state index contributed by atoms with van der Waals surface area (Å²) in [6.07, 6.45) is -2.11. The maximum Gasteiger partial charge on any atom is 0.416 e. The zero-order valence-electron chi connectivity index (χ0n) is 24.5. The Kier molecular flexibility index (Phi) is 9.12. The Balaban J connectivity index is 1.34. The lowest BCUT2D eigenvalue weighted by Crippen LogP contribution is -2.44. The van der Waals surface area contributed by atoms with Crippen molar-refractivity contribution in [2.45, 2.75) is 26.6 Å². The SMILES string of the molecule is CC(C)CNc1ccc2ncc(C#Cc3cc(C(=O)Nc4ccc(CN5CCN(C)CC5)c(C(F)(F)F)c4)cnc3F)n2n1. The van der Waals surface area contributed by atoms with E-state index in [0.717, 1.165) is 31.9 Å². The van der Waals surface area contributed by atoms with Gasteiger partial charge >= 0.3 is 6.18 Å². The minimum absolute atomic E-state index is 0.0416. The molecule has 0 unspecified atom stereocenters. The minimum atomic E-state index is -4.61. The molecule has 0 aliphatic carbocycles. The van der Waals surface area contributed by atoms with Gasteiger partial charge in [0.2, 0.25) is 5.95 Å². The van der Waals surface area contributed by atoms with Gasteiger partial charge in [0.15, 0.2) is 5.65 Å². The number of hydrogen-bond acceptors (Lipinski definition) is 7. The normalized spacial score (nSPS) is 14.5. The van der Waals surface area contributed by atoms with Gasteiger partial charge in [-0.2, -0.15) is 17.6 Å². The summed E-state index contributed by atoms with van der Waals surface area (Å²) in [6.45, 7) is 7.90. The summed E-state index contributed by atoms with van der Waals surface area (Å²) in [5.74, 6) is 4.87. The van der Waals surface area contributed by atoms with E-state index in [4.69, 9.17) is 0 Å². The predicted molar refractivity (Wildman–Crippen MR) is 159 cm³/mol. The highest BCUT2D eigenvalue weighted by Gasteiger charge is 2.34. The molecule has 1 aromatic carbocycles. The molecule has 0 atom stereocenters. The summed E-state index contributed by atoms with van der Waals surface area (Å²) < 4.78 is 58.0. The monoisotopic (exact) mass is 608 g/mol. The fourth-order valence-electron chi connectivity index (χ4n) is 4.66. The number of halogens is 4. The Morgan fingerprint density at radius 1 is 1.02 bits per heavy atom. The van der Waals surface area contributed by atoms with Crippen LogP contribution in [0.15, 0.2) is 48.8 Å². The first kappa shape index (κ1) is 30.9. The molecule has 0 spiro atoms. The highest BCUT2D eigenvalue weighted by molar-refractivity contribution is 6.04. The summed E-state index contributed by atoms with van der Waals surface area (Å²) in [4.78, 5) is 25.0. The summed E-state index contributed by atoms with van der Waals surface area (Å²) in [6, 6.07) is 8.50. The van der Waals surface area contributed by atoms with E-state index in [1.165, 1.54) is 28.9 Å². The lowest BCUT2D eigenvalue weighted by molar-refractivity contribution is -0.138. The minimum Gasteiger partial charge on any atom is -0.368 e. The van der Waals surface area contributed by atoms with E-state index in [1.807, 2.05) is 11.9 Å². The fourth-order valence-corrected chi connectivity index (χ4v) is 4.66. The van der Waals surface area contributed by atoms with Crippen LogP contribution in [0, 0.1) is 23.7 Å². The number of carbonyl (C=O) groups is 1. The van der Waals surface area contributed by atoms with Crippen molar-refractivity contribution in [2.24, 2.45) is 5.92 Å². The van der Waals surface area contributed by atoms with Crippen molar-refractivity contribution in [3.05, 3.63) is 82.7 Å². The van der Waals surface area contributed by atoms with E-state index < -0.39 is 23.6 Å². The quantitative estimate of drug-likeness (QED) is 0.178. The van der Waals surface area contributed by atoms with Gasteiger partial charge in [-0.3, -0.25) is 9.69 Å². The van der Waals surface area contributed by atoms with Crippen LogP contribution in [0.5, 0.6) is 0 Å². The first-order valence-electron chi connectivity index (χ1n) is 14.1. The van der Waals surface area contributed by atoms with E-state index in [2.05, 4.69) is 56.3 Å². The summed E-state index contributed by atoms with van der Waals surface area (Å²) in [5, 5.41) is 10.2. The maximum absolute atomic E-state index is 14.6. The van der Waals surface area contributed by atoms with Crippen molar-refractivity contribution in [3.63, 3.8) is 0 Å². The molecule has 5 rings (SSSR count). The van der Waals surface area contributed by atoms with E-state index in [-0.39, 0.29) is 28.9 Å². The molecule has 230 valence electrons. The zero-order valence-corrected chi connectivity index (χ0v) is 24.5. The number of rotatable bonds is 7. The molecule has 0 bridgehead atoms. The number of fused-ring (bicyclic) bond motifs is 1. The van der Waals surface area contributed by atoms with Crippen molar-refractivity contribution in [1.82, 2.24) is 29.4 Å². The molecule has 9 nitrogen and oxygen atoms in total. The van der Waals surface area contributed by atoms with Crippen LogP contribution in [0.4, 0.5) is 29.1 Å². The molecule has 1 fully saturated rings. The van der Waals surface area contributed by atoms with Crippen molar-refractivity contribution in [1.29, 1.82) is 0 Å². The van der Waals surface area contributed by atoms with Crippen molar-refractivity contribution in [2.75, 3.05) is 50.4 Å². The Labute approximate surface area is 252 Å². The van der Waals surface area contributed by atoms with Crippen LogP contribution in [-0.4, -0.2) is 75.1 Å². The number of benzene rings is 1. The molecule has 1 aliphatic rings. The van der Waals surface area contributed by atoms with E-state index in [9.17, 15) is 22.4 Å². The third-order valence-corrected chi connectivity index (χ3v) is 7.14. The average molecular weight is 609 g/mol. The second-order valence-corrected chi connectivity index (χ2v) is 11.1. The summed E-state index contributed by atoms with van der Waals surface area (Å²) in [5.41, 5.74) is -0.0295. The van der Waals surface area contributed by atoms with Crippen molar-refractivity contribution < 1.29 is 22.4 Å². The molecule has 1 aliphatic heterocycles. The topological polar surface area (TPSA) is 90.7 Å². The van der Waals surface area contributed by atoms with E-state index in [0.29, 0.717) is 36.2 Å². The van der Waals surface area contributed by atoms with Gasteiger partial charge in [-0.05, 0) is 54.8 Å². The highest BCUT2D eigenvalue weighted by Crippen LogP contribution is 2.34. The second kappa shape index (κ2) is 13.0. The number of piperazine rings is 1. The van der Waals surface area contributed by atoms with Crippen LogP contribution in [0.3, 0.4) is 0 Å². The highest BCUT2D eigenvalue weighted by atomic mass is 19.4. The zero-order chi connectivity index (χ0) is 31.4. The maximum atomic E-state index is 14.6. The van der Waals surface area contributed by atoms with Gasteiger partial charge in [-0.1, -0.05) is 25.8 Å². The van der Waals surface area contributed by atoms with Crippen LogP contribution < -0.4 is 10.6 Å². The van der Waals surface area contributed by atoms with Crippen LogP contribution >= 0.6 is 0 Å². The number of carbonyl (C=O) groups excluding carboxylic acids is 1. The Morgan fingerprint density at radius 3 is 2.52 bits per heavy atom. The standard InChI is InChI=1S/C31H32F4N8O/c1-20(2)16-36-27-8-9-28-37-18-25(43(28)40-27)7-5-21-14-23(17-38-29(21)32)30(44)39-24-6-4-22(26(15-24)31(33,34)35)19-42-12-10-41(3)11-13-42/h4,6,8-9,14-15,17-18,20H,10-13,16,19H2,1-3H3,(H,36,40)(H,39,44). The third-order valence-electron chi connectivity index (χ3n) is 7.14. The lowest BCUT2D eigenvalue weighted by atomic mass is 10.0. The molecule has 1 saturated heterocycles. The molecular weight excluding hydrogens is 576 g/mol. The first-order chi connectivity index (χ1) is 21.0. The van der Waals surface area contributed by atoms with Crippen molar-refractivity contribution in [3.8, 4) is 11.8 Å². The predicted octanol–water partition coefficient (Wildman–Crippen LogP) is 4.75. The number of likely N-dealkylation sites (N-methyl/N-ethyl adjacent to an activating group) is 1. The van der Waals surface area contributed by atoms with E-state index >= 15 is 0 Å². The number of hydrogen-bond donors (Lipinski definition) is 2. The first-order valence-corrected chi connectivity index (χ1v) is 14.1. The van der Waals surface area contributed by atoms with Crippen LogP contribution in [0.1, 0.15) is 46.6 Å². The molecule has 1 amide bonds. The van der Waals surface area contributed by atoms with Gasteiger partial charge in [0, 0.05) is 51.2 Å². The molecule has 13 heteroatoms. The number of alkyl halides is 3. The number of amides is 1. The number of pyridine rings is 1. The van der Waals surface area contributed by atoms with Gasteiger partial charge < -0.3 is 15.5 Å². The van der Waals surface area contributed by atoms with E-state index in [1.54, 1.807) is 12.1 Å². The largest absolute Gasteiger partial charge is 0.416 e. The Bertz CT molecular complexity index is 1720.